The smallest absolute Gasteiger partial charge is 0.118 e. The van der Waals surface area contributed by atoms with E-state index in [1.54, 1.807) is 7.11 Å². The zero-order valence-electron chi connectivity index (χ0n) is 14.3. The lowest BCUT2D eigenvalue weighted by Crippen LogP contribution is -1.86. The number of methoxy groups -OCH3 is 1. The molecule has 0 bridgehead atoms. The predicted molar refractivity (Wildman–Crippen MR) is 99.2 cm³/mol. The third-order valence-electron chi connectivity index (χ3n) is 3.98. The molecule has 0 aliphatic heterocycles. The van der Waals surface area contributed by atoms with E-state index in [0.29, 0.717) is 0 Å². The van der Waals surface area contributed by atoms with Gasteiger partial charge in [-0.1, -0.05) is 44.7 Å². The number of aliphatic imine (C=N–C) groups is 1. The van der Waals surface area contributed by atoms with Gasteiger partial charge in [0.2, 0.25) is 0 Å². The molecule has 2 aromatic rings. The van der Waals surface area contributed by atoms with Crippen LogP contribution < -0.4 is 4.74 Å². The number of benzene rings is 2. The fourth-order valence-electron chi connectivity index (χ4n) is 2.52. The van der Waals surface area contributed by atoms with Crippen LogP contribution in [0, 0.1) is 0 Å². The molecule has 0 heterocycles. The summed E-state index contributed by atoms with van der Waals surface area (Å²) < 4.78 is 5.15. The van der Waals surface area contributed by atoms with Gasteiger partial charge in [0.15, 0.2) is 0 Å². The van der Waals surface area contributed by atoms with E-state index >= 15 is 0 Å². The second kappa shape index (κ2) is 9.83. The van der Waals surface area contributed by atoms with Gasteiger partial charge < -0.3 is 4.74 Å². The van der Waals surface area contributed by atoms with Gasteiger partial charge in [-0.15, -0.1) is 0 Å². The summed E-state index contributed by atoms with van der Waals surface area (Å²) in [5.74, 6) is 0.866. The number of hydrogen-bond acceptors (Lipinski definition) is 2. The van der Waals surface area contributed by atoms with Crippen molar-refractivity contribution in [2.24, 2.45) is 4.99 Å². The van der Waals surface area contributed by atoms with Crippen LogP contribution in [0.3, 0.4) is 0 Å². The first-order chi connectivity index (χ1) is 11.3. The van der Waals surface area contributed by atoms with Crippen LogP contribution in [0.1, 0.15) is 50.2 Å². The minimum absolute atomic E-state index is 0.866. The molecule has 2 nitrogen and oxygen atoms in total. The van der Waals surface area contributed by atoms with Gasteiger partial charge in [0.1, 0.15) is 5.75 Å². The summed E-state index contributed by atoms with van der Waals surface area (Å²) in [7, 11) is 1.68. The monoisotopic (exact) mass is 309 g/mol. The largest absolute Gasteiger partial charge is 0.497 e. The minimum Gasteiger partial charge on any atom is -0.497 e. The highest BCUT2D eigenvalue weighted by Crippen LogP contribution is 2.16. The number of ether oxygens (including phenoxy) is 1. The maximum Gasteiger partial charge on any atom is 0.118 e. The van der Waals surface area contributed by atoms with Crippen molar-refractivity contribution in [1.29, 1.82) is 0 Å². The Balaban J connectivity index is 1.82. The van der Waals surface area contributed by atoms with E-state index in [1.165, 1.54) is 44.1 Å². The van der Waals surface area contributed by atoms with Crippen molar-refractivity contribution >= 4 is 11.9 Å². The molecule has 0 saturated carbocycles. The molecule has 0 fully saturated rings. The Morgan fingerprint density at radius 3 is 2.22 bits per heavy atom. The Bertz CT molecular complexity index is 584. The Labute approximate surface area is 140 Å². The molecule has 0 N–H and O–H groups in total. The van der Waals surface area contributed by atoms with E-state index in [9.17, 15) is 0 Å². The summed E-state index contributed by atoms with van der Waals surface area (Å²) in [6.45, 7) is 2.26. The molecule has 0 amide bonds. The van der Waals surface area contributed by atoms with Crippen molar-refractivity contribution in [2.75, 3.05) is 7.11 Å². The summed E-state index contributed by atoms with van der Waals surface area (Å²) in [6.07, 6.45) is 9.71. The second-order valence-corrected chi connectivity index (χ2v) is 5.86. The number of rotatable bonds is 9. The van der Waals surface area contributed by atoms with Gasteiger partial charge in [-0.25, -0.2) is 0 Å². The highest BCUT2D eigenvalue weighted by atomic mass is 16.5. The standard InChI is InChI=1S/C21H27NO/c1-3-4-5-6-7-8-18-9-13-20(14-10-18)22-17-19-11-15-21(23-2)16-12-19/h9-17H,3-8H2,1-2H3. The fourth-order valence-corrected chi connectivity index (χ4v) is 2.52. The van der Waals surface area contributed by atoms with Crippen LogP contribution >= 0.6 is 0 Å². The lowest BCUT2D eigenvalue weighted by Gasteiger charge is -2.02. The van der Waals surface area contributed by atoms with Gasteiger partial charge in [0.05, 0.1) is 12.8 Å². The number of hydrogen-bond donors (Lipinski definition) is 0. The van der Waals surface area contributed by atoms with Gasteiger partial charge in [-0.05, 0) is 60.4 Å². The van der Waals surface area contributed by atoms with Crippen LogP contribution in [0.2, 0.25) is 0 Å². The summed E-state index contributed by atoms with van der Waals surface area (Å²) in [5, 5.41) is 0. The molecule has 0 radical (unpaired) electrons. The molecule has 0 saturated heterocycles. The second-order valence-electron chi connectivity index (χ2n) is 5.86. The first kappa shape index (κ1) is 17.3. The van der Waals surface area contributed by atoms with Crippen LogP contribution in [-0.4, -0.2) is 13.3 Å². The summed E-state index contributed by atoms with van der Waals surface area (Å²) >= 11 is 0. The van der Waals surface area contributed by atoms with Gasteiger partial charge in [-0.3, -0.25) is 4.99 Å². The average molecular weight is 309 g/mol. The van der Waals surface area contributed by atoms with E-state index in [2.05, 4.69) is 36.2 Å². The molecule has 0 aromatic heterocycles. The van der Waals surface area contributed by atoms with E-state index < -0.39 is 0 Å². The van der Waals surface area contributed by atoms with Crippen LogP contribution in [0.15, 0.2) is 53.5 Å². The molecule has 0 spiro atoms. The van der Waals surface area contributed by atoms with Crippen molar-refractivity contribution in [3.05, 3.63) is 59.7 Å². The third kappa shape index (κ3) is 6.27. The summed E-state index contributed by atoms with van der Waals surface area (Å²) in [4.78, 5) is 4.53. The van der Waals surface area contributed by atoms with Crippen LogP contribution in [0.5, 0.6) is 5.75 Å². The lowest BCUT2D eigenvalue weighted by molar-refractivity contribution is 0.415. The Morgan fingerprint density at radius 1 is 0.870 bits per heavy atom. The van der Waals surface area contributed by atoms with E-state index in [4.69, 9.17) is 4.74 Å². The fraction of sp³-hybridized carbons (Fsp3) is 0.381. The Kier molecular flexibility index (Phi) is 7.38. The van der Waals surface area contributed by atoms with Gasteiger partial charge in [0.25, 0.3) is 0 Å². The van der Waals surface area contributed by atoms with Crippen LogP contribution in [0.4, 0.5) is 5.69 Å². The Morgan fingerprint density at radius 2 is 1.57 bits per heavy atom. The maximum absolute atomic E-state index is 5.15. The van der Waals surface area contributed by atoms with Gasteiger partial charge >= 0.3 is 0 Å². The molecule has 2 rings (SSSR count). The molecular weight excluding hydrogens is 282 g/mol. The van der Waals surface area contributed by atoms with Gasteiger partial charge in [-0.2, -0.15) is 0 Å². The van der Waals surface area contributed by atoms with Crippen LogP contribution in [-0.2, 0) is 6.42 Å². The molecule has 0 unspecified atom stereocenters. The molecule has 23 heavy (non-hydrogen) atoms. The minimum atomic E-state index is 0.866. The van der Waals surface area contributed by atoms with Gasteiger partial charge in [0, 0.05) is 6.21 Å². The summed E-state index contributed by atoms with van der Waals surface area (Å²) in [5.41, 5.74) is 3.48. The highest BCUT2D eigenvalue weighted by Gasteiger charge is 1.95. The first-order valence-corrected chi connectivity index (χ1v) is 8.59. The Hall–Kier alpha value is -2.09. The van der Waals surface area contributed by atoms with Crippen molar-refractivity contribution in [3.63, 3.8) is 0 Å². The number of aryl methyl sites for hydroxylation is 1. The van der Waals surface area contributed by atoms with E-state index in [1.807, 2.05) is 30.5 Å². The van der Waals surface area contributed by atoms with Crippen molar-refractivity contribution in [2.45, 2.75) is 45.4 Å². The first-order valence-electron chi connectivity index (χ1n) is 8.59. The quantitative estimate of drug-likeness (QED) is 0.414. The molecule has 2 aromatic carbocycles. The molecule has 0 aliphatic carbocycles. The predicted octanol–water partition coefficient (Wildman–Crippen LogP) is 5.96. The van der Waals surface area contributed by atoms with Crippen molar-refractivity contribution in [1.82, 2.24) is 0 Å². The zero-order valence-corrected chi connectivity index (χ0v) is 14.3. The molecule has 122 valence electrons. The molecular formula is C21H27NO. The van der Waals surface area contributed by atoms with Crippen LogP contribution in [0.25, 0.3) is 0 Å². The average Bonchev–Trinajstić information content (AvgIpc) is 2.61. The summed E-state index contributed by atoms with van der Waals surface area (Å²) in [6, 6.07) is 16.5. The molecule has 0 aliphatic rings. The lowest BCUT2D eigenvalue weighted by atomic mass is 10.1. The zero-order chi connectivity index (χ0) is 16.3. The van der Waals surface area contributed by atoms with Crippen molar-refractivity contribution < 1.29 is 4.74 Å². The molecule has 2 heteroatoms. The number of unbranched alkanes of at least 4 members (excludes halogenated alkanes) is 4. The number of nitrogens with zero attached hydrogens (tertiary/aromatic N) is 1. The topological polar surface area (TPSA) is 21.6 Å². The SMILES string of the molecule is CCCCCCCc1ccc(N=Cc2ccc(OC)cc2)cc1. The highest BCUT2D eigenvalue weighted by molar-refractivity contribution is 5.82. The van der Waals surface area contributed by atoms with E-state index in [-0.39, 0.29) is 0 Å². The maximum atomic E-state index is 5.15. The van der Waals surface area contributed by atoms with Crippen molar-refractivity contribution in [3.8, 4) is 5.75 Å². The van der Waals surface area contributed by atoms with E-state index in [0.717, 1.165) is 17.0 Å². The normalized spacial score (nSPS) is 11.0. The third-order valence-corrected chi connectivity index (χ3v) is 3.98. The molecule has 0 atom stereocenters.